The highest BCUT2D eigenvalue weighted by atomic mass is 16.2. The Hall–Kier alpha value is -2.82. The quantitative estimate of drug-likeness (QED) is 0.786. The molecule has 146 valence electrons. The minimum absolute atomic E-state index is 0.124. The first-order chi connectivity index (χ1) is 13.7. The van der Waals surface area contributed by atoms with Crippen LogP contribution in [-0.2, 0) is 4.79 Å². The molecule has 0 radical (unpaired) electrons. The van der Waals surface area contributed by atoms with Crippen LogP contribution in [0.2, 0.25) is 0 Å². The predicted octanol–water partition coefficient (Wildman–Crippen LogP) is 4.81. The van der Waals surface area contributed by atoms with E-state index < -0.39 is 0 Å². The molecule has 0 bridgehead atoms. The maximum atomic E-state index is 12.6. The van der Waals surface area contributed by atoms with Gasteiger partial charge in [0.2, 0.25) is 5.91 Å². The second-order valence-corrected chi connectivity index (χ2v) is 7.71. The Morgan fingerprint density at radius 2 is 1.68 bits per heavy atom. The van der Waals surface area contributed by atoms with Gasteiger partial charge in [-0.05, 0) is 61.7 Å². The standard InChI is InChI=1S/C23H27N3O2/c27-22-10-5-15-26(22)21-9-4-6-17(16-21)23(28)25-20-13-11-19(12-14-20)24-18-7-2-1-3-8-18/h4,6,9,11-14,16,18,24H,1-3,5,7-8,10,15H2,(H,25,28). The van der Waals surface area contributed by atoms with E-state index in [9.17, 15) is 9.59 Å². The maximum absolute atomic E-state index is 12.6. The first kappa shape index (κ1) is 18.5. The average Bonchev–Trinajstić information content (AvgIpc) is 3.16. The number of carbonyl (C=O) groups is 2. The Bertz CT molecular complexity index is 841. The largest absolute Gasteiger partial charge is 0.382 e. The van der Waals surface area contributed by atoms with E-state index in [0.717, 1.165) is 30.0 Å². The summed E-state index contributed by atoms with van der Waals surface area (Å²) in [6.07, 6.45) is 7.86. The van der Waals surface area contributed by atoms with Crippen molar-refractivity contribution in [3.05, 3.63) is 54.1 Å². The van der Waals surface area contributed by atoms with E-state index in [1.807, 2.05) is 36.4 Å². The smallest absolute Gasteiger partial charge is 0.255 e. The highest BCUT2D eigenvalue weighted by Crippen LogP contribution is 2.24. The van der Waals surface area contributed by atoms with Gasteiger partial charge in [-0.25, -0.2) is 0 Å². The normalized spacial score (nSPS) is 17.6. The number of benzene rings is 2. The van der Waals surface area contributed by atoms with Gasteiger partial charge in [-0.3, -0.25) is 9.59 Å². The van der Waals surface area contributed by atoms with Crippen LogP contribution in [0.5, 0.6) is 0 Å². The third-order valence-corrected chi connectivity index (χ3v) is 5.61. The van der Waals surface area contributed by atoms with Crippen LogP contribution in [0.25, 0.3) is 0 Å². The molecular formula is C23H27N3O2. The zero-order valence-corrected chi connectivity index (χ0v) is 16.1. The van der Waals surface area contributed by atoms with Crippen LogP contribution in [0.4, 0.5) is 17.1 Å². The molecule has 5 nitrogen and oxygen atoms in total. The van der Waals surface area contributed by atoms with Gasteiger partial charge in [0.1, 0.15) is 0 Å². The molecule has 1 saturated heterocycles. The molecule has 0 aromatic heterocycles. The molecule has 2 aromatic carbocycles. The van der Waals surface area contributed by atoms with Crippen molar-refractivity contribution in [2.75, 3.05) is 22.1 Å². The van der Waals surface area contributed by atoms with Crippen LogP contribution >= 0.6 is 0 Å². The van der Waals surface area contributed by atoms with E-state index >= 15 is 0 Å². The Balaban J connectivity index is 1.38. The van der Waals surface area contributed by atoms with Crippen molar-refractivity contribution in [2.24, 2.45) is 0 Å². The van der Waals surface area contributed by atoms with Crippen molar-refractivity contribution in [3.8, 4) is 0 Å². The number of rotatable bonds is 5. The average molecular weight is 377 g/mol. The predicted molar refractivity (Wildman–Crippen MR) is 113 cm³/mol. The fraction of sp³-hybridized carbons (Fsp3) is 0.391. The van der Waals surface area contributed by atoms with Crippen LogP contribution in [0.3, 0.4) is 0 Å². The molecule has 1 aliphatic heterocycles. The number of amides is 2. The maximum Gasteiger partial charge on any atom is 0.255 e. The van der Waals surface area contributed by atoms with Gasteiger partial charge >= 0.3 is 0 Å². The molecule has 4 rings (SSSR count). The molecule has 5 heteroatoms. The highest BCUT2D eigenvalue weighted by Gasteiger charge is 2.22. The fourth-order valence-corrected chi connectivity index (χ4v) is 4.07. The van der Waals surface area contributed by atoms with E-state index in [2.05, 4.69) is 10.6 Å². The van der Waals surface area contributed by atoms with Crippen LogP contribution in [-0.4, -0.2) is 24.4 Å². The minimum Gasteiger partial charge on any atom is -0.382 e. The van der Waals surface area contributed by atoms with Gasteiger partial charge in [0.15, 0.2) is 0 Å². The van der Waals surface area contributed by atoms with Gasteiger partial charge in [0.25, 0.3) is 5.91 Å². The van der Waals surface area contributed by atoms with Gasteiger partial charge in [-0.15, -0.1) is 0 Å². The zero-order chi connectivity index (χ0) is 19.3. The molecule has 2 aliphatic rings. The molecule has 0 unspecified atom stereocenters. The lowest BCUT2D eigenvalue weighted by Crippen LogP contribution is -2.24. The summed E-state index contributed by atoms with van der Waals surface area (Å²) in [5, 5.41) is 6.53. The molecule has 2 N–H and O–H groups in total. The Labute approximate surface area is 166 Å². The number of carbonyl (C=O) groups excluding carboxylic acids is 2. The summed E-state index contributed by atoms with van der Waals surface area (Å²) in [6, 6.07) is 15.7. The fourth-order valence-electron chi connectivity index (χ4n) is 4.07. The molecular weight excluding hydrogens is 350 g/mol. The van der Waals surface area contributed by atoms with Gasteiger partial charge in [0, 0.05) is 41.6 Å². The molecule has 0 spiro atoms. The molecule has 0 atom stereocenters. The van der Waals surface area contributed by atoms with E-state index in [1.54, 1.807) is 17.0 Å². The molecule has 1 saturated carbocycles. The molecule has 28 heavy (non-hydrogen) atoms. The number of anilines is 3. The summed E-state index contributed by atoms with van der Waals surface area (Å²) in [4.78, 5) is 26.3. The number of nitrogens with one attached hydrogen (secondary N) is 2. The van der Waals surface area contributed by atoms with E-state index in [1.165, 1.54) is 32.1 Å². The molecule has 2 amide bonds. The highest BCUT2D eigenvalue weighted by molar-refractivity contribution is 6.05. The Morgan fingerprint density at radius 3 is 2.39 bits per heavy atom. The Kier molecular flexibility index (Phi) is 5.60. The van der Waals surface area contributed by atoms with E-state index in [4.69, 9.17) is 0 Å². The third kappa shape index (κ3) is 4.35. The molecule has 2 fully saturated rings. The van der Waals surface area contributed by atoms with Crippen LogP contribution in [0.15, 0.2) is 48.5 Å². The van der Waals surface area contributed by atoms with E-state index in [0.29, 0.717) is 18.0 Å². The van der Waals surface area contributed by atoms with Crippen molar-refractivity contribution in [1.82, 2.24) is 0 Å². The number of hydrogen-bond donors (Lipinski definition) is 2. The SMILES string of the molecule is O=C(Nc1ccc(NC2CCCCC2)cc1)c1cccc(N2CCCC2=O)c1. The lowest BCUT2D eigenvalue weighted by atomic mass is 9.95. The number of nitrogens with zero attached hydrogens (tertiary/aromatic N) is 1. The monoisotopic (exact) mass is 377 g/mol. The van der Waals surface area contributed by atoms with E-state index in [-0.39, 0.29) is 11.8 Å². The molecule has 1 aliphatic carbocycles. The molecule has 1 heterocycles. The van der Waals surface area contributed by atoms with Gasteiger partial charge in [0.05, 0.1) is 0 Å². The van der Waals surface area contributed by atoms with Crippen LogP contribution in [0, 0.1) is 0 Å². The Morgan fingerprint density at radius 1 is 0.929 bits per heavy atom. The van der Waals surface area contributed by atoms with Gasteiger partial charge in [-0.2, -0.15) is 0 Å². The topological polar surface area (TPSA) is 61.4 Å². The minimum atomic E-state index is -0.165. The second kappa shape index (κ2) is 8.46. The summed E-state index contributed by atoms with van der Waals surface area (Å²) in [7, 11) is 0. The lowest BCUT2D eigenvalue weighted by Gasteiger charge is -2.23. The van der Waals surface area contributed by atoms with Crippen molar-refractivity contribution in [1.29, 1.82) is 0 Å². The van der Waals surface area contributed by atoms with Crippen molar-refractivity contribution < 1.29 is 9.59 Å². The molecule has 2 aromatic rings. The second-order valence-electron chi connectivity index (χ2n) is 7.71. The number of hydrogen-bond acceptors (Lipinski definition) is 3. The van der Waals surface area contributed by atoms with Crippen molar-refractivity contribution in [2.45, 2.75) is 51.0 Å². The zero-order valence-electron chi connectivity index (χ0n) is 16.1. The summed E-state index contributed by atoms with van der Waals surface area (Å²) in [5.41, 5.74) is 3.21. The van der Waals surface area contributed by atoms with Crippen LogP contribution in [0.1, 0.15) is 55.3 Å². The summed E-state index contributed by atoms with van der Waals surface area (Å²) >= 11 is 0. The van der Waals surface area contributed by atoms with Crippen molar-refractivity contribution in [3.63, 3.8) is 0 Å². The summed E-state index contributed by atoms with van der Waals surface area (Å²) in [6.45, 7) is 0.722. The van der Waals surface area contributed by atoms with Crippen LogP contribution < -0.4 is 15.5 Å². The van der Waals surface area contributed by atoms with Crippen molar-refractivity contribution >= 4 is 28.9 Å². The summed E-state index contributed by atoms with van der Waals surface area (Å²) in [5.74, 6) is -0.0416. The lowest BCUT2D eigenvalue weighted by molar-refractivity contribution is -0.117. The summed E-state index contributed by atoms with van der Waals surface area (Å²) < 4.78 is 0. The first-order valence-corrected chi connectivity index (χ1v) is 10.3. The first-order valence-electron chi connectivity index (χ1n) is 10.3. The third-order valence-electron chi connectivity index (χ3n) is 5.61. The van der Waals surface area contributed by atoms with Gasteiger partial charge < -0.3 is 15.5 Å². The van der Waals surface area contributed by atoms with Gasteiger partial charge in [-0.1, -0.05) is 25.3 Å².